The van der Waals surface area contributed by atoms with Crippen LogP contribution in [-0.4, -0.2) is 9.91 Å². The standard InChI is InChI=1S/C11H7Cl2N3O2/c12-7-1-3-8(4-2-7)14-11-6-9(16(17)18)5-10(13)15-11/h1-6H,(H,14,15). The van der Waals surface area contributed by atoms with E-state index in [4.69, 9.17) is 23.2 Å². The van der Waals surface area contributed by atoms with Gasteiger partial charge in [-0.1, -0.05) is 23.2 Å². The van der Waals surface area contributed by atoms with E-state index in [2.05, 4.69) is 10.3 Å². The summed E-state index contributed by atoms with van der Waals surface area (Å²) >= 11 is 11.5. The highest BCUT2D eigenvalue weighted by Crippen LogP contribution is 2.23. The van der Waals surface area contributed by atoms with Crippen LogP contribution >= 0.6 is 23.2 Å². The van der Waals surface area contributed by atoms with Gasteiger partial charge >= 0.3 is 0 Å². The predicted molar refractivity (Wildman–Crippen MR) is 70.6 cm³/mol. The number of benzene rings is 1. The zero-order chi connectivity index (χ0) is 13.1. The van der Waals surface area contributed by atoms with Crippen LogP contribution in [0.1, 0.15) is 0 Å². The van der Waals surface area contributed by atoms with Gasteiger partial charge in [0.05, 0.1) is 17.1 Å². The van der Waals surface area contributed by atoms with Crippen molar-refractivity contribution in [3.8, 4) is 0 Å². The van der Waals surface area contributed by atoms with Crippen LogP contribution < -0.4 is 5.32 Å². The number of pyridine rings is 1. The molecule has 2 aromatic rings. The molecule has 0 radical (unpaired) electrons. The van der Waals surface area contributed by atoms with Crippen LogP contribution in [-0.2, 0) is 0 Å². The Morgan fingerprint density at radius 3 is 2.44 bits per heavy atom. The molecule has 0 spiro atoms. The molecular formula is C11H7Cl2N3O2. The molecule has 0 amide bonds. The van der Waals surface area contributed by atoms with Crippen molar-refractivity contribution in [1.82, 2.24) is 4.98 Å². The molecule has 18 heavy (non-hydrogen) atoms. The van der Waals surface area contributed by atoms with Gasteiger partial charge in [-0.2, -0.15) is 0 Å². The number of rotatable bonds is 3. The molecule has 7 heteroatoms. The van der Waals surface area contributed by atoms with E-state index in [1.165, 1.54) is 12.1 Å². The Morgan fingerprint density at radius 2 is 1.83 bits per heavy atom. The van der Waals surface area contributed by atoms with Crippen LogP contribution in [0.3, 0.4) is 0 Å². The maximum Gasteiger partial charge on any atom is 0.276 e. The summed E-state index contributed by atoms with van der Waals surface area (Å²) < 4.78 is 0. The normalized spacial score (nSPS) is 10.1. The van der Waals surface area contributed by atoms with E-state index in [-0.39, 0.29) is 10.8 Å². The number of anilines is 2. The highest BCUT2D eigenvalue weighted by molar-refractivity contribution is 6.30. The molecule has 92 valence electrons. The van der Waals surface area contributed by atoms with Crippen LogP contribution in [0, 0.1) is 10.1 Å². The summed E-state index contributed by atoms with van der Waals surface area (Å²) in [5.74, 6) is 0.302. The largest absolute Gasteiger partial charge is 0.340 e. The molecule has 0 aliphatic carbocycles. The molecule has 0 saturated heterocycles. The third kappa shape index (κ3) is 3.09. The van der Waals surface area contributed by atoms with Crippen molar-refractivity contribution >= 4 is 40.4 Å². The zero-order valence-electron chi connectivity index (χ0n) is 8.93. The van der Waals surface area contributed by atoms with Crippen molar-refractivity contribution in [3.05, 3.63) is 56.7 Å². The fourth-order valence-electron chi connectivity index (χ4n) is 1.33. The summed E-state index contributed by atoms with van der Waals surface area (Å²) in [4.78, 5) is 14.1. The smallest absolute Gasteiger partial charge is 0.276 e. The first-order chi connectivity index (χ1) is 8.54. The fraction of sp³-hybridized carbons (Fsp3) is 0. The van der Waals surface area contributed by atoms with Crippen molar-refractivity contribution in [2.24, 2.45) is 0 Å². The number of hydrogen-bond donors (Lipinski definition) is 1. The fourth-order valence-corrected chi connectivity index (χ4v) is 1.66. The van der Waals surface area contributed by atoms with E-state index < -0.39 is 4.92 Å². The average Bonchev–Trinajstić information content (AvgIpc) is 2.31. The summed E-state index contributed by atoms with van der Waals surface area (Å²) in [5, 5.41) is 14.2. The minimum absolute atomic E-state index is 0.0562. The van der Waals surface area contributed by atoms with Gasteiger partial charge in [-0.05, 0) is 24.3 Å². The van der Waals surface area contributed by atoms with Crippen LogP contribution in [0.25, 0.3) is 0 Å². The molecule has 1 heterocycles. The van der Waals surface area contributed by atoms with Crippen LogP contribution in [0.15, 0.2) is 36.4 Å². The average molecular weight is 284 g/mol. The van der Waals surface area contributed by atoms with Gasteiger partial charge in [0, 0.05) is 10.7 Å². The molecule has 0 aliphatic rings. The molecule has 0 unspecified atom stereocenters. The Bertz CT molecular complexity index is 587. The zero-order valence-corrected chi connectivity index (χ0v) is 10.4. The quantitative estimate of drug-likeness (QED) is 0.524. The number of halogens is 2. The summed E-state index contributed by atoms with van der Waals surface area (Å²) in [5.41, 5.74) is 0.593. The second-order valence-corrected chi connectivity index (χ2v) is 4.25. The molecule has 2 rings (SSSR count). The molecule has 0 fully saturated rings. The Balaban J connectivity index is 2.28. The third-order valence-corrected chi connectivity index (χ3v) is 2.55. The number of nitrogens with one attached hydrogen (secondary N) is 1. The Kier molecular flexibility index (Phi) is 3.64. The number of hydrogen-bond acceptors (Lipinski definition) is 4. The number of nitrogens with zero attached hydrogens (tertiary/aromatic N) is 2. The third-order valence-electron chi connectivity index (χ3n) is 2.11. The van der Waals surface area contributed by atoms with Gasteiger partial charge in [-0.25, -0.2) is 4.98 Å². The Labute approximate surface area is 113 Å². The molecule has 0 aliphatic heterocycles. The van der Waals surface area contributed by atoms with E-state index in [0.717, 1.165) is 0 Å². The lowest BCUT2D eigenvalue weighted by atomic mass is 10.3. The van der Waals surface area contributed by atoms with Crippen molar-refractivity contribution < 1.29 is 4.92 Å². The maximum absolute atomic E-state index is 10.7. The van der Waals surface area contributed by atoms with Gasteiger partial charge in [0.15, 0.2) is 0 Å². The van der Waals surface area contributed by atoms with E-state index in [9.17, 15) is 10.1 Å². The molecule has 0 bridgehead atoms. The van der Waals surface area contributed by atoms with E-state index in [1.54, 1.807) is 24.3 Å². The molecular weight excluding hydrogens is 277 g/mol. The summed E-state index contributed by atoms with van der Waals surface area (Å²) in [7, 11) is 0. The Hall–Kier alpha value is -1.85. The van der Waals surface area contributed by atoms with Gasteiger partial charge in [0.2, 0.25) is 0 Å². The minimum atomic E-state index is -0.527. The maximum atomic E-state index is 10.7. The number of aromatic nitrogens is 1. The highest BCUT2D eigenvalue weighted by Gasteiger charge is 2.10. The van der Waals surface area contributed by atoms with Crippen molar-refractivity contribution in [2.75, 3.05) is 5.32 Å². The van der Waals surface area contributed by atoms with Crippen LogP contribution in [0.4, 0.5) is 17.2 Å². The summed E-state index contributed by atoms with van der Waals surface area (Å²) in [6, 6.07) is 9.36. The molecule has 1 aromatic carbocycles. The monoisotopic (exact) mass is 283 g/mol. The topological polar surface area (TPSA) is 68.1 Å². The molecule has 5 nitrogen and oxygen atoms in total. The molecule has 1 N–H and O–H groups in total. The van der Waals surface area contributed by atoms with Crippen molar-refractivity contribution in [3.63, 3.8) is 0 Å². The van der Waals surface area contributed by atoms with Gasteiger partial charge in [0.1, 0.15) is 11.0 Å². The van der Waals surface area contributed by atoms with Gasteiger partial charge in [-0.15, -0.1) is 0 Å². The van der Waals surface area contributed by atoms with Crippen molar-refractivity contribution in [1.29, 1.82) is 0 Å². The second kappa shape index (κ2) is 5.20. The van der Waals surface area contributed by atoms with Crippen molar-refractivity contribution in [2.45, 2.75) is 0 Å². The van der Waals surface area contributed by atoms with Gasteiger partial charge < -0.3 is 5.32 Å². The molecule has 0 atom stereocenters. The van der Waals surface area contributed by atoms with Gasteiger partial charge in [0.25, 0.3) is 5.69 Å². The van der Waals surface area contributed by atoms with Gasteiger partial charge in [-0.3, -0.25) is 10.1 Å². The highest BCUT2D eigenvalue weighted by atomic mass is 35.5. The van der Waals surface area contributed by atoms with E-state index in [0.29, 0.717) is 16.5 Å². The lowest BCUT2D eigenvalue weighted by Gasteiger charge is -2.05. The summed E-state index contributed by atoms with van der Waals surface area (Å²) in [6.07, 6.45) is 0. The summed E-state index contributed by atoms with van der Waals surface area (Å²) in [6.45, 7) is 0. The van der Waals surface area contributed by atoms with Crippen LogP contribution in [0.5, 0.6) is 0 Å². The van der Waals surface area contributed by atoms with E-state index >= 15 is 0 Å². The van der Waals surface area contributed by atoms with Crippen LogP contribution in [0.2, 0.25) is 10.2 Å². The number of nitro groups is 1. The first-order valence-corrected chi connectivity index (χ1v) is 5.65. The van der Waals surface area contributed by atoms with E-state index in [1.807, 2.05) is 0 Å². The first-order valence-electron chi connectivity index (χ1n) is 4.89. The Morgan fingerprint density at radius 1 is 1.17 bits per heavy atom. The SMILES string of the molecule is O=[N+]([O-])c1cc(Cl)nc(Nc2ccc(Cl)cc2)c1. The first kappa shape index (κ1) is 12.6. The predicted octanol–water partition coefficient (Wildman–Crippen LogP) is 4.04. The lowest BCUT2D eigenvalue weighted by molar-refractivity contribution is -0.384. The molecule has 1 aromatic heterocycles. The minimum Gasteiger partial charge on any atom is -0.340 e. The lowest BCUT2D eigenvalue weighted by Crippen LogP contribution is -1.96. The second-order valence-electron chi connectivity index (χ2n) is 3.42. The molecule has 0 saturated carbocycles.